The van der Waals surface area contributed by atoms with E-state index in [4.69, 9.17) is 14.2 Å². The van der Waals surface area contributed by atoms with Gasteiger partial charge < -0.3 is 14.2 Å². The van der Waals surface area contributed by atoms with Gasteiger partial charge in [0.2, 0.25) is 0 Å². The van der Waals surface area contributed by atoms with Gasteiger partial charge in [0.15, 0.2) is 6.10 Å². The molecule has 0 aliphatic heterocycles. The van der Waals surface area contributed by atoms with E-state index in [0.29, 0.717) is 19.3 Å². The topological polar surface area (TPSA) is 78.9 Å². The lowest BCUT2D eigenvalue weighted by molar-refractivity contribution is -0.166. The first kappa shape index (κ1) is 64.8. The fraction of sp³-hybridized carbons (Fsp3) is 0.635. The molecule has 6 nitrogen and oxygen atoms in total. The molecule has 0 aromatic carbocycles. The maximum Gasteiger partial charge on any atom is 0.306 e. The summed E-state index contributed by atoms with van der Waals surface area (Å²) < 4.78 is 16.7. The minimum atomic E-state index is -0.836. The highest BCUT2D eigenvalue weighted by atomic mass is 16.6. The van der Waals surface area contributed by atoms with Crippen molar-refractivity contribution in [2.75, 3.05) is 13.2 Å². The molecule has 0 aliphatic carbocycles. The quantitative estimate of drug-likeness (QED) is 0.0262. The van der Waals surface area contributed by atoms with Crippen LogP contribution in [0.25, 0.3) is 0 Å². The van der Waals surface area contributed by atoms with E-state index < -0.39 is 12.1 Å². The monoisotopic (exact) mass is 955 g/mol. The van der Waals surface area contributed by atoms with Crippen molar-refractivity contribution in [3.05, 3.63) is 122 Å². The van der Waals surface area contributed by atoms with Crippen LogP contribution in [0.2, 0.25) is 0 Å². The van der Waals surface area contributed by atoms with E-state index in [2.05, 4.69) is 130 Å². The Balaban J connectivity index is 4.54. The molecule has 1 atom stereocenters. The van der Waals surface area contributed by atoms with E-state index in [1.807, 2.05) is 12.2 Å². The number of rotatable bonds is 49. The lowest BCUT2D eigenvalue weighted by atomic mass is 10.1. The van der Waals surface area contributed by atoms with E-state index >= 15 is 0 Å². The predicted molar refractivity (Wildman–Crippen MR) is 297 cm³/mol. The lowest BCUT2D eigenvalue weighted by Gasteiger charge is -2.18. The van der Waals surface area contributed by atoms with Gasteiger partial charge in [0.05, 0.1) is 0 Å². The molecule has 1 unspecified atom stereocenters. The number of esters is 3. The van der Waals surface area contributed by atoms with Crippen molar-refractivity contribution in [3.63, 3.8) is 0 Å². The van der Waals surface area contributed by atoms with Crippen LogP contribution in [0.3, 0.4) is 0 Å². The molecule has 0 spiro atoms. The molecule has 69 heavy (non-hydrogen) atoms. The van der Waals surface area contributed by atoms with Crippen LogP contribution >= 0.6 is 0 Å². The highest BCUT2D eigenvalue weighted by Crippen LogP contribution is 2.13. The van der Waals surface area contributed by atoms with Crippen LogP contribution < -0.4 is 0 Å². The zero-order chi connectivity index (χ0) is 50.0. The van der Waals surface area contributed by atoms with Gasteiger partial charge in [0.25, 0.3) is 0 Å². The first-order valence-electron chi connectivity index (χ1n) is 28.0. The van der Waals surface area contributed by atoms with Crippen LogP contribution in [0.1, 0.15) is 239 Å². The molecule has 0 saturated heterocycles. The molecule has 0 aromatic rings. The molecule has 0 saturated carbocycles. The van der Waals surface area contributed by atoms with Gasteiger partial charge in [-0.3, -0.25) is 14.4 Å². The second kappa shape index (κ2) is 56.4. The second-order valence-corrected chi connectivity index (χ2v) is 18.1. The Morgan fingerprint density at radius 1 is 0.304 bits per heavy atom. The van der Waals surface area contributed by atoms with Gasteiger partial charge in [0.1, 0.15) is 13.2 Å². The summed E-state index contributed by atoms with van der Waals surface area (Å²) in [5.41, 5.74) is 0. The Bertz CT molecular complexity index is 1470. The third-order valence-corrected chi connectivity index (χ3v) is 11.4. The minimum Gasteiger partial charge on any atom is -0.462 e. The molecule has 0 bridgehead atoms. The van der Waals surface area contributed by atoms with Gasteiger partial charge in [-0.15, -0.1) is 0 Å². The largest absolute Gasteiger partial charge is 0.462 e. The summed E-state index contributed by atoms with van der Waals surface area (Å²) in [5, 5.41) is 0. The Morgan fingerprint density at radius 2 is 0.594 bits per heavy atom. The average molecular weight is 956 g/mol. The van der Waals surface area contributed by atoms with Crippen molar-refractivity contribution in [2.24, 2.45) is 0 Å². The molecule has 0 fully saturated rings. The summed E-state index contributed by atoms with van der Waals surface area (Å²) >= 11 is 0. The maximum atomic E-state index is 12.8. The molecule has 0 amide bonds. The number of ether oxygens (including phenoxy) is 3. The van der Waals surface area contributed by atoms with Crippen LogP contribution in [-0.4, -0.2) is 37.2 Å². The van der Waals surface area contributed by atoms with E-state index in [9.17, 15) is 14.4 Å². The van der Waals surface area contributed by atoms with Gasteiger partial charge in [-0.25, -0.2) is 0 Å². The first-order valence-corrected chi connectivity index (χ1v) is 28.0. The van der Waals surface area contributed by atoms with Crippen molar-refractivity contribution in [1.29, 1.82) is 0 Å². The third-order valence-electron chi connectivity index (χ3n) is 11.4. The Hall–Kier alpha value is -4.19. The first-order chi connectivity index (χ1) is 34.0. The van der Waals surface area contributed by atoms with Crippen LogP contribution in [-0.2, 0) is 28.6 Å². The smallest absolute Gasteiger partial charge is 0.306 e. The van der Waals surface area contributed by atoms with Crippen molar-refractivity contribution in [2.45, 2.75) is 245 Å². The molecule has 0 heterocycles. The number of allylic oxidation sites excluding steroid dienone is 20. The van der Waals surface area contributed by atoms with Gasteiger partial charge in [0, 0.05) is 19.3 Å². The van der Waals surface area contributed by atoms with Crippen LogP contribution in [0.4, 0.5) is 0 Å². The number of unbranched alkanes of at least 4 members (excludes halogenated alkanes) is 18. The fourth-order valence-corrected chi connectivity index (χ4v) is 7.30. The van der Waals surface area contributed by atoms with E-state index in [1.165, 1.54) is 89.9 Å². The van der Waals surface area contributed by atoms with Crippen molar-refractivity contribution in [1.82, 2.24) is 0 Å². The summed E-state index contributed by atoms with van der Waals surface area (Å²) in [5.74, 6) is -1.05. The molecule has 0 aliphatic rings. The highest BCUT2D eigenvalue weighted by molar-refractivity contribution is 5.71. The molecule has 6 heteroatoms. The maximum absolute atomic E-state index is 12.8. The van der Waals surface area contributed by atoms with Gasteiger partial charge in [-0.05, 0) is 116 Å². The van der Waals surface area contributed by atoms with E-state index in [0.717, 1.165) is 103 Å². The summed E-state index contributed by atoms with van der Waals surface area (Å²) in [6, 6.07) is 0. The van der Waals surface area contributed by atoms with Gasteiger partial charge in [-0.2, -0.15) is 0 Å². The number of carbonyl (C=O) groups excluding carboxylic acids is 3. The third kappa shape index (κ3) is 54.6. The van der Waals surface area contributed by atoms with Crippen molar-refractivity contribution >= 4 is 17.9 Å². The number of hydrogen-bond acceptors (Lipinski definition) is 6. The standard InChI is InChI=1S/C63H102O6/c1-4-7-10-13-16-19-22-25-28-31-32-33-36-38-41-44-47-50-53-56-62(65)68-59-60(69-63(66)57-54-51-48-45-42-39-35-30-27-24-21-18-15-12-9-6-3)58-67-61(64)55-52-49-46-43-40-37-34-29-26-23-20-17-14-11-8-5-2/h8-9,11-12,17-18,20-21,26-27,29-32,37,39-40,42,48,51,60H,4-7,10,13-16,19,22-25,28,33-36,38,41,43-47,49-50,52-59H2,1-3H3/b11-8-,12-9-,20-17-,21-18-,29-26-,30-27-,32-31-,40-37-,42-39-,51-48-. The SMILES string of the molecule is CC/C=C\C/C=C\C/C=C\C/C=C\C/C=C\CCC(=O)OC(COC(=O)CCCCC/C=C\C/C=C\C/C=C\C/C=C\CC)COC(=O)CCCCCCCCC/C=C\CCCCCCCCCC. The lowest BCUT2D eigenvalue weighted by Crippen LogP contribution is -2.30. The van der Waals surface area contributed by atoms with Crippen molar-refractivity contribution in [3.8, 4) is 0 Å². The molecule has 0 rings (SSSR count). The minimum absolute atomic E-state index is 0.123. The number of hydrogen-bond donors (Lipinski definition) is 0. The Labute approximate surface area is 424 Å². The summed E-state index contributed by atoms with van der Waals surface area (Å²) in [7, 11) is 0. The zero-order valence-corrected chi connectivity index (χ0v) is 44.5. The van der Waals surface area contributed by atoms with Crippen LogP contribution in [0.5, 0.6) is 0 Å². The summed E-state index contributed by atoms with van der Waals surface area (Å²) in [4.78, 5) is 38.1. The molecular weight excluding hydrogens is 853 g/mol. The van der Waals surface area contributed by atoms with E-state index in [1.54, 1.807) is 0 Å². The zero-order valence-electron chi connectivity index (χ0n) is 44.5. The summed E-state index contributed by atoms with van der Waals surface area (Å²) in [6.45, 7) is 6.31. The summed E-state index contributed by atoms with van der Waals surface area (Å²) in [6.07, 6.45) is 77.7. The fourth-order valence-electron chi connectivity index (χ4n) is 7.30. The Kier molecular flexibility index (Phi) is 53.0. The predicted octanol–water partition coefficient (Wildman–Crippen LogP) is 18.9. The second-order valence-electron chi connectivity index (χ2n) is 18.1. The van der Waals surface area contributed by atoms with Gasteiger partial charge >= 0.3 is 17.9 Å². The van der Waals surface area contributed by atoms with Crippen LogP contribution in [0.15, 0.2) is 122 Å². The highest BCUT2D eigenvalue weighted by Gasteiger charge is 2.19. The molecule has 0 radical (unpaired) electrons. The molecule has 0 aromatic heterocycles. The molecule has 0 N–H and O–H groups in total. The van der Waals surface area contributed by atoms with E-state index in [-0.39, 0.29) is 31.6 Å². The molecular formula is C63H102O6. The van der Waals surface area contributed by atoms with Crippen LogP contribution in [0, 0.1) is 0 Å². The average Bonchev–Trinajstić information content (AvgIpc) is 3.35. The van der Waals surface area contributed by atoms with Crippen molar-refractivity contribution < 1.29 is 28.6 Å². The molecule has 390 valence electrons. The number of carbonyl (C=O) groups is 3. The Morgan fingerprint density at radius 3 is 0.971 bits per heavy atom. The normalized spacial score (nSPS) is 13.0. The van der Waals surface area contributed by atoms with Gasteiger partial charge in [-0.1, -0.05) is 226 Å².